The third-order valence-electron chi connectivity index (χ3n) is 3.81. The minimum absolute atomic E-state index is 0.0802. The van der Waals surface area contributed by atoms with Crippen molar-refractivity contribution >= 4 is 10.1 Å². The fourth-order valence-electron chi connectivity index (χ4n) is 2.89. The third-order valence-corrected chi connectivity index (χ3v) is 4.61. The van der Waals surface area contributed by atoms with E-state index in [2.05, 4.69) is 6.92 Å². The first-order chi connectivity index (χ1) is 7.97. The van der Waals surface area contributed by atoms with Gasteiger partial charge in [0, 0.05) is 0 Å². The molecule has 1 saturated carbocycles. The highest BCUT2D eigenvalue weighted by atomic mass is 32.2. The van der Waals surface area contributed by atoms with Crippen LogP contribution >= 0.6 is 0 Å². The Bertz CT molecular complexity index is 292. The van der Waals surface area contributed by atoms with Crippen LogP contribution in [0.25, 0.3) is 0 Å². The quantitative estimate of drug-likeness (QED) is 0.563. The Morgan fingerprint density at radius 1 is 1.18 bits per heavy atom. The van der Waals surface area contributed by atoms with Gasteiger partial charge in [0.15, 0.2) is 0 Å². The molecule has 1 rings (SSSR count). The van der Waals surface area contributed by atoms with Crippen LogP contribution in [-0.4, -0.2) is 18.7 Å². The number of hydrogen-bond donors (Lipinski definition) is 1. The molecule has 102 valence electrons. The van der Waals surface area contributed by atoms with Gasteiger partial charge in [0.25, 0.3) is 10.1 Å². The van der Waals surface area contributed by atoms with E-state index in [1.807, 2.05) is 0 Å². The lowest BCUT2D eigenvalue weighted by molar-refractivity contribution is 0.286. The van der Waals surface area contributed by atoms with E-state index >= 15 is 0 Å². The minimum atomic E-state index is -3.75. The zero-order valence-electron chi connectivity index (χ0n) is 10.9. The molecule has 4 heteroatoms. The molecule has 1 aliphatic carbocycles. The van der Waals surface area contributed by atoms with Crippen molar-refractivity contribution < 1.29 is 13.0 Å². The van der Waals surface area contributed by atoms with Crippen LogP contribution in [0.5, 0.6) is 0 Å². The molecule has 0 spiro atoms. The third kappa shape index (κ3) is 7.77. The summed E-state index contributed by atoms with van der Waals surface area (Å²) in [7, 11) is -3.75. The molecule has 0 aromatic rings. The summed E-state index contributed by atoms with van der Waals surface area (Å²) in [6.07, 6.45) is 10.8. The van der Waals surface area contributed by atoms with E-state index in [4.69, 9.17) is 4.55 Å². The number of unbranched alkanes of at least 4 members (excludes halogenated alkanes) is 1. The average Bonchev–Trinajstić information content (AvgIpc) is 2.25. The van der Waals surface area contributed by atoms with Gasteiger partial charge in [-0.05, 0) is 24.7 Å². The van der Waals surface area contributed by atoms with Crippen LogP contribution in [0, 0.1) is 11.8 Å². The van der Waals surface area contributed by atoms with Gasteiger partial charge in [-0.25, -0.2) is 0 Å². The molecule has 1 atom stereocenters. The topological polar surface area (TPSA) is 54.4 Å². The van der Waals surface area contributed by atoms with E-state index in [1.165, 1.54) is 38.5 Å². The summed E-state index contributed by atoms with van der Waals surface area (Å²) >= 11 is 0. The van der Waals surface area contributed by atoms with Crippen LogP contribution in [0.1, 0.15) is 64.7 Å². The maximum absolute atomic E-state index is 10.5. The first kappa shape index (κ1) is 15.0. The molecule has 0 radical (unpaired) electrons. The molecule has 0 bridgehead atoms. The van der Waals surface area contributed by atoms with Crippen LogP contribution in [0.3, 0.4) is 0 Å². The van der Waals surface area contributed by atoms with E-state index in [1.54, 1.807) is 0 Å². The summed E-state index contributed by atoms with van der Waals surface area (Å²) in [6, 6.07) is 0. The van der Waals surface area contributed by atoms with Gasteiger partial charge < -0.3 is 0 Å². The van der Waals surface area contributed by atoms with Crippen molar-refractivity contribution in [1.82, 2.24) is 0 Å². The Morgan fingerprint density at radius 3 is 2.41 bits per heavy atom. The van der Waals surface area contributed by atoms with Crippen LogP contribution in [0.4, 0.5) is 0 Å². The van der Waals surface area contributed by atoms with Gasteiger partial charge in [0.1, 0.15) is 0 Å². The van der Waals surface area contributed by atoms with Crippen LogP contribution in [-0.2, 0) is 10.1 Å². The Hall–Kier alpha value is -0.0900. The molecule has 0 amide bonds. The maximum Gasteiger partial charge on any atom is 0.264 e. The molecular formula is C13H26O3S. The van der Waals surface area contributed by atoms with Crippen LogP contribution in [0.2, 0.25) is 0 Å². The summed E-state index contributed by atoms with van der Waals surface area (Å²) in [6.45, 7) is 2.27. The van der Waals surface area contributed by atoms with Gasteiger partial charge in [-0.15, -0.1) is 0 Å². The second-order valence-electron chi connectivity index (χ2n) is 5.63. The lowest BCUT2D eigenvalue weighted by Gasteiger charge is -2.24. The van der Waals surface area contributed by atoms with Gasteiger partial charge in [0.05, 0.1) is 5.75 Å². The molecule has 0 aromatic carbocycles. The Kier molecular flexibility index (Phi) is 6.49. The number of rotatable bonds is 7. The largest absolute Gasteiger partial charge is 0.286 e. The van der Waals surface area contributed by atoms with Crippen molar-refractivity contribution in [2.75, 3.05) is 5.75 Å². The van der Waals surface area contributed by atoms with Crippen molar-refractivity contribution in [3.05, 3.63) is 0 Å². The predicted octanol–water partition coefficient (Wildman–Crippen LogP) is 3.65. The van der Waals surface area contributed by atoms with Gasteiger partial charge in [0.2, 0.25) is 0 Å². The zero-order chi connectivity index (χ0) is 12.7. The van der Waals surface area contributed by atoms with Crippen LogP contribution in [0.15, 0.2) is 0 Å². The molecule has 0 saturated heterocycles. The first-order valence-corrected chi connectivity index (χ1v) is 8.53. The standard InChI is InChI=1S/C13H26O3S/c1-12(7-5-6-10-17(14,15)16)11-13-8-3-2-4-9-13/h12-13H,2-11H2,1H3,(H,14,15,16). The number of hydrogen-bond acceptors (Lipinski definition) is 2. The summed E-state index contributed by atoms with van der Waals surface area (Å²) in [5.41, 5.74) is 0. The highest BCUT2D eigenvalue weighted by Gasteiger charge is 2.16. The molecular weight excluding hydrogens is 236 g/mol. The van der Waals surface area contributed by atoms with E-state index in [9.17, 15) is 8.42 Å². The summed E-state index contributed by atoms with van der Waals surface area (Å²) in [5, 5.41) is 0. The van der Waals surface area contributed by atoms with Gasteiger partial charge >= 0.3 is 0 Å². The molecule has 0 heterocycles. The predicted molar refractivity (Wildman–Crippen MR) is 70.6 cm³/mol. The lowest BCUT2D eigenvalue weighted by Crippen LogP contribution is -2.11. The summed E-state index contributed by atoms with van der Waals surface area (Å²) in [5.74, 6) is 1.52. The molecule has 1 unspecified atom stereocenters. The van der Waals surface area contributed by atoms with Crippen molar-refractivity contribution in [3.8, 4) is 0 Å². The first-order valence-electron chi connectivity index (χ1n) is 6.92. The monoisotopic (exact) mass is 262 g/mol. The molecule has 17 heavy (non-hydrogen) atoms. The fourth-order valence-corrected chi connectivity index (χ4v) is 3.46. The summed E-state index contributed by atoms with van der Waals surface area (Å²) in [4.78, 5) is 0. The molecule has 1 aliphatic rings. The lowest BCUT2D eigenvalue weighted by atomic mass is 9.82. The second-order valence-corrected chi connectivity index (χ2v) is 7.20. The average molecular weight is 262 g/mol. The Morgan fingerprint density at radius 2 is 1.82 bits per heavy atom. The zero-order valence-corrected chi connectivity index (χ0v) is 11.7. The van der Waals surface area contributed by atoms with Gasteiger partial charge in [-0.2, -0.15) is 8.42 Å². The highest BCUT2D eigenvalue weighted by molar-refractivity contribution is 7.85. The molecule has 3 nitrogen and oxygen atoms in total. The Labute approximate surface area is 106 Å². The molecule has 1 N–H and O–H groups in total. The molecule has 0 aromatic heterocycles. The van der Waals surface area contributed by atoms with E-state index < -0.39 is 10.1 Å². The van der Waals surface area contributed by atoms with E-state index in [0.717, 1.165) is 18.8 Å². The molecule has 1 fully saturated rings. The maximum atomic E-state index is 10.5. The smallest absolute Gasteiger partial charge is 0.264 e. The van der Waals surface area contributed by atoms with Crippen molar-refractivity contribution in [2.45, 2.75) is 64.7 Å². The van der Waals surface area contributed by atoms with Gasteiger partial charge in [-0.3, -0.25) is 4.55 Å². The van der Waals surface area contributed by atoms with Crippen molar-refractivity contribution in [1.29, 1.82) is 0 Å². The summed E-state index contributed by atoms with van der Waals surface area (Å²) < 4.78 is 29.7. The minimum Gasteiger partial charge on any atom is -0.286 e. The van der Waals surface area contributed by atoms with Gasteiger partial charge in [-0.1, -0.05) is 51.9 Å². The second kappa shape index (κ2) is 7.37. The molecule has 0 aliphatic heterocycles. The van der Waals surface area contributed by atoms with Crippen molar-refractivity contribution in [3.63, 3.8) is 0 Å². The fraction of sp³-hybridized carbons (Fsp3) is 1.00. The van der Waals surface area contributed by atoms with Crippen LogP contribution < -0.4 is 0 Å². The Balaban J connectivity index is 2.06. The normalized spacial score (nSPS) is 20.4. The van der Waals surface area contributed by atoms with E-state index in [-0.39, 0.29) is 5.75 Å². The van der Waals surface area contributed by atoms with E-state index in [0.29, 0.717) is 12.3 Å². The highest BCUT2D eigenvalue weighted by Crippen LogP contribution is 2.30. The SMILES string of the molecule is CC(CCCCS(=O)(=O)O)CC1CCCCC1. The van der Waals surface area contributed by atoms with Crippen molar-refractivity contribution in [2.24, 2.45) is 11.8 Å².